The third-order valence-electron chi connectivity index (χ3n) is 2.58. The molecule has 0 spiro atoms. The Morgan fingerprint density at radius 2 is 1.83 bits per heavy atom. The van der Waals surface area contributed by atoms with Gasteiger partial charge in [0.25, 0.3) is 0 Å². The molecule has 0 aromatic heterocycles. The Kier molecular flexibility index (Phi) is 3.52. The number of benzene rings is 2. The Bertz CT molecular complexity index is 602. The maximum absolute atomic E-state index is 14.1. The lowest BCUT2D eigenvalue weighted by atomic mass is 10.0. The molecule has 18 heavy (non-hydrogen) atoms. The van der Waals surface area contributed by atoms with Crippen molar-refractivity contribution >= 4 is 21.6 Å². The summed E-state index contributed by atoms with van der Waals surface area (Å²) in [7, 11) is 1.39. The Hall–Kier alpha value is -1.62. The number of nitrogen functional groups attached to an aromatic ring is 1. The van der Waals surface area contributed by atoms with Crippen LogP contribution in [0.5, 0.6) is 5.75 Å². The van der Waals surface area contributed by atoms with Gasteiger partial charge in [0.2, 0.25) is 0 Å². The third-order valence-corrected chi connectivity index (χ3v) is 3.07. The van der Waals surface area contributed by atoms with E-state index in [2.05, 4.69) is 15.9 Å². The number of nitrogens with two attached hydrogens (primary N) is 1. The highest BCUT2D eigenvalue weighted by atomic mass is 79.9. The molecule has 0 saturated carbocycles. The predicted molar refractivity (Wildman–Crippen MR) is 70.5 cm³/mol. The molecule has 0 amide bonds. The van der Waals surface area contributed by atoms with Crippen LogP contribution in [0.1, 0.15) is 0 Å². The Labute approximate surface area is 112 Å². The minimum Gasteiger partial charge on any atom is -0.494 e. The number of methoxy groups -OCH3 is 1. The van der Waals surface area contributed by atoms with Crippen LogP contribution in [0.3, 0.4) is 0 Å². The van der Waals surface area contributed by atoms with Crippen molar-refractivity contribution in [3.63, 3.8) is 0 Å². The first-order valence-electron chi connectivity index (χ1n) is 5.12. The van der Waals surface area contributed by atoms with Crippen molar-refractivity contribution in [2.75, 3.05) is 12.8 Å². The average Bonchev–Trinajstić information content (AvgIpc) is 2.36. The van der Waals surface area contributed by atoms with E-state index in [9.17, 15) is 8.78 Å². The molecular weight excluding hydrogens is 304 g/mol. The van der Waals surface area contributed by atoms with Gasteiger partial charge in [0.05, 0.1) is 7.11 Å². The molecule has 0 bridgehead atoms. The highest BCUT2D eigenvalue weighted by molar-refractivity contribution is 9.10. The molecule has 2 rings (SSSR count). The Morgan fingerprint density at radius 1 is 1.11 bits per heavy atom. The predicted octanol–water partition coefficient (Wildman–Crippen LogP) is 3.99. The van der Waals surface area contributed by atoms with Crippen molar-refractivity contribution in [2.24, 2.45) is 0 Å². The number of ether oxygens (including phenoxy) is 1. The summed E-state index contributed by atoms with van der Waals surface area (Å²) in [6.07, 6.45) is 0. The fraction of sp³-hybridized carbons (Fsp3) is 0.0769. The van der Waals surface area contributed by atoms with Crippen LogP contribution in [0.4, 0.5) is 14.5 Å². The summed E-state index contributed by atoms with van der Waals surface area (Å²) in [4.78, 5) is 0. The van der Waals surface area contributed by atoms with Gasteiger partial charge in [-0.3, -0.25) is 0 Å². The number of rotatable bonds is 2. The minimum absolute atomic E-state index is 0.104. The SMILES string of the molecule is COc1ccc(-c2cc(Br)ccc2F)c(F)c1N. The highest BCUT2D eigenvalue weighted by Gasteiger charge is 2.15. The monoisotopic (exact) mass is 313 g/mol. The van der Waals surface area contributed by atoms with Gasteiger partial charge in [-0.2, -0.15) is 0 Å². The van der Waals surface area contributed by atoms with Crippen molar-refractivity contribution < 1.29 is 13.5 Å². The van der Waals surface area contributed by atoms with Crippen molar-refractivity contribution in [3.8, 4) is 16.9 Å². The molecule has 0 aliphatic rings. The van der Waals surface area contributed by atoms with Gasteiger partial charge in [-0.1, -0.05) is 15.9 Å². The molecule has 2 aromatic carbocycles. The van der Waals surface area contributed by atoms with E-state index >= 15 is 0 Å². The molecule has 2 aromatic rings. The fourth-order valence-corrected chi connectivity index (χ4v) is 2.03. The van der Waals surface area contributed by atoms with Gasteiger partial charge >= 0.3 is 0 Å². The molecule has 0 aliphatic heterocycles. The molecule has 0 saturated heterocycles. The normalized spacial score (nSPS) is 10.4. The van der Waals surface area contributed by atoms with Crippen LogP contribution < -0.4 is 10.5 Å². The first-order chi connectivity index (χ1) is 8.54. The zero-order chi connectivity index (χ0) is 13.3. The smallest absolute Gasteiger partial charge is 0.157 e. The summed E-state index contributed by atoms with van der Waals surface area (Å²) in [6, 6.07) is 7.26. The van der Waals surface area contributed by atoms with Crippen LogP contribution in [0, 0.1) is 11.6 Å². The molecule has 0 aliphatic carbocycles. The Balaban J connectivity index is 2.65. The van der Waals surface area contributed by atoms with Crippen LogP contribution in [-0.4, -0.2) is 7.11 Å². The summed E-state index contributed by atoms with van der Waals surface area (Å²) in [5.41, 5.74) is 5.71. The summed E-state index contributed by atoms with van der Waals surface area (Å²) in [5.74, 6) is -0.973. The lowest BCUT2D eigenvalue weighted by Gasteiger charge is -2.10. The molecule has 94 valence electrons. The maximum atomic E-state index is 14.1. The summed E-state index contributed by atoms with van der Waals surface area (Å²) in [5, 5.41) is 0. The zero-order valence-electron chi connectivity index (χ0n) is 9.51. The summed E-state index contributed by atoms with van der Waals surface area (Å²) in [6.45, 7) is 0. The van der Waals surface area contributed by atoms with Gasteiger partial charge in [0.15, 0.2) is 5.82 Å². The molecule has 0 unspecified atom stereocenters. The number of hydrogen-bond donors (Lipinski definition) is 1. The van der Waals surface area contributed by atoms with E-state index in [1.54, 1.807) is 6.07 Å². The minimum atomic E-state index is -0.689. The standard InChI is InChI=1S/C13H10BrF2NO/c1-18-11-5-3-8(12(16)13(11)17)9-6-7(14)2-4-10(9)15/h2-6H,17H2,1H3. The molecule has 0 heterocycles. The van der Waals surface area contributed by atoms with Gasteiger partial charge in [-0.05, 0) is 30.3 Å². The fourth-order valence-electron chi connectivity index (χ4n) is 1.67. The molecule has 0 atom stereocenters. The van der Waals surface area contributed by atoms with Gasteiger partial charge in [0, 0.05) is 15.6 Å². The topological polar surface area (TPSA) is 35.2 Å². The number of halogens is 3. The van der Waals surface area contributed by atoms with Crippen LogP contribution in [-0.2, 0) is 0 Å². The molecule has 2 nitrogen and oxygen atoms in total. The maximum Gasteiger partial charge on any atom is 0.157 e. The van der Waals surface area contributed by atoms with E-state index in [1.807, 2.05) is 0 Å². The van der Waals surface area contributed by atoms with E-state index in [0.29, 0.717) is 4.47 Å². The molecule has 0 fully saturated rings. The van der Waals surface area contributed by atoms with E-state index < -0.39 is 11.6 Å². The van der Waals surface area contributed by atoms with Gasteiger partial charge in [-0.25, -0.2) is 8.78 Å². The molecule has 2 N–H and O–H groups in total. The molecule has 0 radical (unpaired) electrons. The molecule has 5 heteroatoms. The lowest BCUT2D eigenvalue weighted by Crippen LogP contribution is -1.99. The van der Waals surface area contributed by atoms with Crippen molar-refractivity contribution in [2.45, 2.75) is 0 Å². The summed E-state index contributed by atoms with van der Waals surface area (Å²) >= 11 is 3.22. The quantitative estimate of drug-likeness (QED) is 0.851. The van der Waals surface area contributed by atoms with Crippen molar-refractivity contribution in [1.29, 1.82) is 0 Å². The van der Waals surface area contributed by atoms with Crippen molar-refractivity contribution in [3.05, 3.63) is 46.4 Å². The van der Waals surface area contributed by atoms with Crippen LogP contribution in [0.25, 0.3) is 11.1 Å². The first-order valence-corrected chi connectivity index (χ1v) is 5.91. The number of hydrogen-bond acceptors (Lipinski definition) is 2. The number of anilines is 1. The average molecular weight is 314 g/mol. The largest absolute Gasteiger partial charge is 0.494 e. The Morgan fingerprint density at radius 3 is 2.50 bits per heavy atom. The second-order valence-electron chi connectivity index (χ2n) is 3.67. The van der Waals surface area contributed by atoms with Gasteiger partial charge < -0.3 is 10.5 Å². The van der Waals surface area contributed by atoms with Gasteiger partial charge in [0.1, 0.15) is 17.3 Å². The van der Waals surface area contributed by atoms with Gasteiger partial charge in [-0.15, -0.1) is 0 Å². The third kappa shape index (κ3) is 2.18. The second-order valence-corrected chi connectivity index (χ2v) is 4.58. The van der Waals surface area contributed by atoms with Crippen LogP contribution >= 0.6 is 15.9 Å². The summed E-state index contributed by atoms with van der Waals surface area (Å²) < 4.78 is 33.3. The molecular formula is C13H10BrF2NO. The van der Waals surface area contributed by atoms with E-state index in [-0.39, 0.29) is 22.6 Å². The second kappa shape index (κ2) is 4.94. The van der Waals surface area contributed by atoms with E-state index in [1.165, 1.54) is 31.4 Å². The van der Waals surface area contributed by atoms with Crippen LogP contribution in [0.2, 0.25) is 0 Å². The van der Waals surface area contributed by atoms with E-state index in [4.69, 9.17) is 10.5 Å². The van der Waals surface area contributed by atoms with E-state index in [0.717, 1.165) is 0 Å². The van der Waals surface area contributed by atoms with Crippen LogP contribution in [0.15, 0.2) is 34.8 Å². The first kappa shape index (κ1) is 12.8. The zero-order valence-corrected chi connectivity index (χ0v) is 11.1. The van der Waals surface area contributed by atoms with Crippen molar-refractivity contribution in [1.82, 2.24) is 0 Å². The highest BCUT2D eigenvalue weighted by Crippen LogP contribution is 2.34. The lowest BCUT2D eigenvalue weighted by molar-refractivity contribution is 0.414.